The second-order valence-corrected chi connectivity index (χ2v) is 1.77. The van der Waals surface area contributed by atoms with Gasteiger partial charge in [-0.2, -0.15) is 0 Å². The molecule has 0 unspecified atom stereocenters. The largest absolute Gasteiger partial charge is 0.129 e. The summed E-state index contributed by atoms with van der Waals surface area (Å²) in [5.74, 6) is 0. The molecule has 0 atom stereocenters. The molecule has 0 aliphatic heterocycles. The molecular formula is C9H12. The average Bonchev–Trinajstić information content (AvgIpc) is 1.88. The standard InChI is InChI=1S/C9H12/c1-4-7-9(6-3)8-5-2/h4-5H,1-3,7-8H2. The molecule has 0 fully saturated rings. The zero-order valence-electron chi connectivity index (χ0n) is 5.69. The van der Waals surface area contributed by atoms with Crippen molar-refractivity contribution in [2.45, 2.75) is 12.8 Å². The minimum Gasteiger partial charge on any atom is -0.129 e. The Bertz CT molecular complexity index is 133. The molecule has 0 aromatic rings. The van der Waals surface area contributed by atoms with E-state index in [1.165, 1.54) is 0 Å². The lowest BCUT2D eigenvalue weighted by atomic mass is 10.1. The zero-order chi connectivity index (χ0) is 7.11. The van der Waals surface area contributed by atoms with Crippen molar-refractivity contribution < 1.29 is 0 Å². The third-order valence-corrected chi connectivity index (χ3v) is 1.03. The van der Waals surface area contributed by atoms with Gasteiger partial charge in [-0.05, 0) is 18.4 Å². The van der Waals surface area contributed by atoms with E-state index in [0.29, 0.717) is 0 Å². The first-order valence-corrected chi connectivity index (χ1v) is 2.94. The van der Waals surface area contributed by atoms with Crippen molar-refractivity contribution >= 4 is 0 Å². The minimum atomic E-state index is 0.871. The Labute approximate surface area is 56.9 Å². The van der Waals surface area contributed by atoms with Crippen LogP contribution in [0.1, 0.15) is 12.8 Å². The van der Waals surface area contributed by atoms with Gasteiger partial charge in [0.25, 0.3) is 0 Å². The second kappa shape index (κ2) is 5.14. The van der Waals surface area contributed by atoms with Gasteiger partial charge in [0.1, 0.15) is 0 Å². The number of rotatable bonds is 4. The van der Waals surface area contributed by atoms with E-state index in [0.717, 1.165) is 18.4 Å². The van der Waals surface area contributed by atoms with Crippen molar-refractivity contribution in [3.63, 3.8) is 0 Å². The van der Waals surface area contributed by atoms with E-state index in [1.54, 1.807) is 0 Å². The SMILES string of the molecule is C=C=C(CC=C)CC=C. The summed E-state index contributed by atoms with van der Waals surface area (Å²) in [4.78, 5) is 0. The van der Waals surface area contributed by atoms with Crippen molar-refractivity contribution in [1.29, 1.82) is 0 Å². The number of hydrogen-bond acceptors (Lipinski definition) is 0. The van der Waals surface area contributed by atoms with E-state index in [9.17, 15) is 0 Å². The molecule has 0 N–H and O–H groups in total. The zero-order valence-corrected chi connectivity index (χ0v) is 5.69. The normalized spacial score (nSPS) is 7.56. The lowest BCUT2D eigenvalue weighted by Gasteiger charge is -1.92. The molecule has 0 saturated heterocycles. The topological polar surface area (TPSA) is 0 Å². The summed E-state index contributed by atoms with van der Waals surface area (Å²) in [6, 6.07) is 0. The van der Waals surface area contributed by atoms with E-state index in [-0.39, 0.29) is 0 Å². The molecule has 48 valence electrons. The molecule has 0 nitrogen and oxygen atoms in total. The van der Waals surface area contributed by atoms with Gasteiger partial charge in [0.05, 0.1) is 0 Å². The number of hydrogen-bond donors (Lipinski definition) is 0. The third-order valence-electron chi connectivity index (χ3n) is 1.03. The van der Waals surface area contributed by atoms with Crippen LogP contribution in [-0.4, -0.2) is 0 Å². The monoisotopic (exact) mass is 120 g/mol. The molecule has 0 radical (unpaired) electrons. The molecule has 0 bridgehead atoms. The molecule has 0 aliphatic carbocycles. The Morgan fingerprint density at radius 1 is 1.22 bits per heavy atom. The molecule has 0 saturated carbocycles. The van der Waals surface area contributed by atoms with Gasteiger partial charge in [0.15, 0.2) is 0 Å². The summed E-state index contributed by atoms with van der Waals surface area (Å²) in [6.45, 7) is 10.8. The van der Waals surface area contributed by atoms with Crippen LogP contribution in [0.3, 0.4) is 0 Å². The highest BCUT2D eigenvalue weighted by Gasteiger charge is 1.86. The van der Waals surface area contributed by atoms with Gasteiger partial charge in [0, 0.05) is 0 Å². The molecule has 0 aromatic heterocycles. The first-order valence-electron chi connectivity index (χ1n) is 2.94. The quantitative estimate of drug-likeness (QED) is 0.395. The van der Waals surface area contributed by atoms with Crippen LogP contribution >= 0.6 is 0 Å². The summed E-state index contributed by atoms with van der Waals surface area (Å²) in [5.41, 5.74) is 3.98. The van der Waals surface area contributed by atoms with Crippen molar-refractivity contribution in [3.8, 4) is 0 Å². The fraction of sp³-hybridized carbons (Fsp3) is 0.222. The summed E-state index contributed by atoms with van der Waals surface area (Å²) in [5, 5.41) is 0. The van der Waals surface area contributed by atoms with E-state index >= 15 is 0 Å². The molecule has 0 rings (SSSR count). The Morgan fingerprint density at radius 2 is 1.67 bits per heavy atom. The van der Waals surface area contributed by atoms with Crippen molar-refractivity contribution in [2.24, 2.45) is 0 Å². The lowest BCUT2D eigenvalue weighted by molar-refractivity contribution is 1.12. The molecule has 0 spiro atoms. The Morgan fingerprint density at radius 3 is 1.89 bits per heavy atom. The Balaban J connectivity index is 3.83. The van der Waals surface area contributed by atoms with E-state index < -0.39 is 0 Å². The average molecular weight is 120 g/mol. The highest BCUT2D eigenvalue weighted by Crippen LogP contribution is 2.04. The van der Waals surface area contributed by atoms with Gasteiger partial charge in [0.2, 0.25) is 0 Å². The van der Waals surface area contributed by atoms with Crippen LogP contribution in [0.2, 0.25) is 0 Å². The number of allylic oxidation sites excluding steroid dienone is 3. The van der Waals surface area contributed by atoms with Gasteiger partial charge < -0.3 is 0 Å². The van der Waals surface area contributed by atoms with Crippen LogP contribution in [0.5, 0.6) is 0 Å². The van der Waals surface area contributed by atoms with Crippen LogP contribution in [0, 0.1) is 0 Å². The smallest absolute Gasteiger partial charge is 0.00623 e. The van der Waals surface area contributed by atoms with E-state index in [2.05, 4.69) is 25.5 Å². The Kier molecular flexibility index (Phi) is 4.57. The summed E-state index contributed by atoms with van der Waals surface area (Å²) in [7, 11) is 0. The van der Waals surface area contributed by atoms with Crippen LogP contribution < -0.4 is 0 Å². The third kappa shape index (κ3) is 3.57. The minimum absolute atomic E-state index is 0.871. The van der Waals surface area contributed by atoms with Crippen LogP contribution in [-0.2, 0) is 0 Å². The maximum absolute atomic E-state index is 3.61. The van der Waals surface area contributed by atoms with Crippen molar-refractivity contribution in [3.05, 3.63) is 43.2 Å². The summed E-state index contributed by atoms with van der Waals surface area (Å²) in [6.07, 6.45) is 5.43. The molecular weight excluding hydrogens is 108 g/mol. The fourth-order valence-corrected chi connectivity index (χ4v) is 0.576. The van der Waals surface area contributed by atoms with Gasteiger partial charge in [-0.3, -0.25) is 0 Å². The highest BCUT2D eigenvalue weighted by molar-refractivity contribution is 5.07. The maximum atomic E-state index is 3.61. The summed E-state index contributed by atoms with van der Waals surface area (Å²) >= 11 is 0. The molecule has 9 heavy (non-hydrogen) atoms. The fourth-order valence-electron chi connectivity index (χ4n) is 0.576. The van der Waals surface area contributed by atoms with Gasteiger partial charge in [-0.25, -0.2) is 0 Å². The van der Waals surface area contributed by atoms with Gasteiger partial charge in [-0.1, -0.05) is 18.7 Å². The van der Waals surface area contributed by atoms with Crippen LogP contribution in [0.4, 0.5) is 0 Å². The predicted octanol–water partition coefficient (Wildman–Crippen LogP) is 2.85. The van der Waals surface area contributed by atoms with Crippen molar-refractivity contribution in [1.82, 2.24) is 0 Å². The first kappa shape index (κ1) is 8.00. The molecule has 0 heterocycles. The molecule has 0 heteroatoms. The second-order valence-electron chi connectivity index (χ2n) is 1.77. The van der Waals surface area contributed by atoms with Gasteiger partial charge >= 0.3 is 0 Å². The van der Waals surface area contributed by atoms with Crippen molar-refractivity contribution in [2.75, 3.05) is 0 Å². The van der Waals surface area contributed by atoms with E-state index in [4.69, 9.17) is 0 Å². The van der Waals surface area contributed by atoms with Gasteiger partial charge in [-0.15, -0.1) is 18.9 Å². The highest BCUT2D eigenvalue weighted by atomic mass is 13.9. The molecule has 0 aliphatic rings. The molecule has 0 aromatic carbocycles. The van der Waals surface area contributed by atoms with Crippen LogP contribution in [0.25, 0.3) is 0 Å². The lowest BCUT2D eigenvalue weighted by Crippen LogP contribution is -1.73. The van der Waals surface area contributed by atoms with E-state index in [1.807, 2.05) is 12.2 Å². The maximum Gasteiger partial charge on any atom is -0.00623 e. The summed E-state index contributed by atoms with van der Waals surface area (Å²) < 4.78 is 0. The van der Waals surface area contributed by atoms with Crippen LogP contribution in [0.15, 0.2) is 43.2 Å². The molecule has 0 amide bonds. The predicted molar refractivity (Wildman–Crippen MR) is 42.3 cm³/mol. The Hall–Kier alpha value is -1.00. The first-order chi connectivity index (χ1) is 4.35.